The Morgan fingerprint density at radius 3 is 2.60 bits per heavy atom. The summed E-state index contributed by atoms with van der Waals surface area (Å²) in [6, 6.07) is 0.112. The Bertz CT molecular complexity index is 219. The summed E-state index contributed by atoms with van der Waals surface area (Å²) in [7, 11) is 0. The monoisotopic (exact) mass is 214 g/mol. The summed E-state index contributed by atoms with van der Waals surface area (Å²) in [5.74, 6) is 0.0100. The van der Waals surface area contributed by atoms with Crippen molar-refractivity contribution in [2.75, 3.05) is 19.8 Å². The lowest BCUT2D eigenvalue weighted by molar-refractivity contribution is -0.137. The first-order chi connectivity index (χ1) is 7.07. The highest BCUT2D eigenvalue weighted by Gasteiger charge is 2.34. The summed E-state index contributed by atoms with van der Waals surface area (Å²) < 4.78 is 5.23. The van der Waals surface area contributed by atoms with Crippen LogP contribution in [0.15, 0.2) is 0 Å². The number of ether oxygens (including phenoxy) is 1. The van der Waals surface area contributed by atoms with Gasteiger partial charge in [0.05, 0.1) is 19.1 Å². The smallest absolute Gasteiger partial charge is 0.229 e. The maximum Gasteiger partial charge on any atom is 0.229 e. The predicted octanol–water partition coefficient (Wildman–Crippen LogP) is 0.607. The first-order valence-electron chi connectivity index (χ1n) is 5.71. The van der Waals surface area contributed by atoms with E-state index in [4.69, 9.17) is 10.5 Å². The highest BCUT2D eigenvalue weighted by molar-refractivity contribution is 5.80. The molecule has 1 aliphatic rings. The molecular weight excluding hydrogens is 192 g/mol. The number of hydrogen-bond donors (Lipinski definition) is 1. The summed E-state index contributed by atoms with van der Waals surface area (Å²) in [4.78, 5) is 14.1. The fourth-order valence-electron chi connectivity index (χ4n) is 1.90. The minimum Gasteiger partial charge on any atom is -0.379 e. The van der Waals surface area contributed by atoms with Crippen LogP contribution in [0.4, 0.5) is 0 Å². The molecule has 1 fully saturated rings. The summed E-state index contributed by atoms with van der Waals surface area (Å²) in [5, 5.41) is 0. The standard InChI is InChI=1S/C11H22N2O2/c1-4-5-13(8(2)3)11(14)9-6-15-7-10(9)12/h8-10H,4-7,12H2,1-3H3. The molecule has 0 spiro atoms. The van der Waals surface area contributed by atoms with Crippen LogP contribution in [0.5, 0.6) is 0 Å². The largest absolute Gasteiger partial charge is 0.379 e. The summed E-state index contributed by atoms with van der Waals surface area (Å²) in [6.45, 7) is 7.94. The van der Waals surface area contributed by atoms with Crippen LogP contribution in [0.25, 0.3) is 0 Å². The topological polar surface area (TPSA) is 55.6 Å². The molecule has 0 aromatic heterocycles. The van der Waals surface area contributed by atoms with E-state index < -0.39 is 0 Å². The molecule has 0 saturated carbocycles. The van der Waals surface area contributed by atoms with Crippen molar-refractivity contribution in [1.82, 2.24) is 4.90 Å². The lowest BCUT2D eigenvalue weighted by Gasteiger charge is -2.29. The van der Waals surface area contributed by atoms with Gasteiger partial charge in [0.2, 0.25) is 5.91 Å². The number of hydrogen-bond acceptors (Lipinski definition) is 3. The molecule has 1 amide bonds. The zero-order chi connectivity index (χ0) is 11.4. The molecule has 0 radical (unpaired) electrons. The summed E-state index contributed by atoms with van der Waals surface area (Å²) in [6.07, 6.45) is 0.979. The quantitative estimate of drug-likeness (QED) is 0.746. The predicted molar refractivity (Wildman–Crippen MR) is 59.4 cm³/mol. The van der Waals surface area contributed by atoms with Crippen LogP contribution in [-0.4, -0.2) is 42.6 Å². The molecule has 1 rings (SSSR count). The molecule has 2 unspecified atom stereocenters. The maximum absolute atomic E-state index is 12.2. The summed E-state index contributed by atoms with van der Waals surface area (Å²) in [5.41, 5.74) is 5.84. The fourth-order valence-corrected chi connectivity index (χ4v) is 1.90. The van der Waals surface area contributed by atoms with Crippen LogP contribution in [-0.2, 0) is 9.53 Å². The normalized spacial score (nSPS) is 25.9. The van der Waals surface area contributed by atoms with Crippen LogP contribution in [0.2, 0.25) is 0 Å². The van der Waals surface area contributed by atoms with Gasteiger partial charge in [0, 0.05) is 18.6 Å². The Balaban J connectivity index is 2.62. The van der Waals surface area contributed by atoms with Gasteiger partial charge in [0.25, 0.3) is 0 Å². The van der Waals surface area contributed by atoms with Crippen molar-refractivity contribution >= 4 is 5.91 Å². The van der Waals surface area contributed by atoms with Crippen molar-refractivity contribution in [1.29, 1.82) is 0 Å². The van der Waals surface area contributed by atoms with E-state index in [9.17, 15) is 4.79 Å². The Morgan fingerprint density at radius 1 is 1.53 bits per heavy atom. The second-order valence-electron chi connectivity index (χ2n) is 4.43. The maximum atomic E-state index is 12.2. The summed E-state index contributed by atoms with van der Waals surface area (Å²) >= 11 is 0. The van der Waals surface area contributed by atoms with E-state index in [-0.39, 0.29) is 23.9 Å². The lowest BCUT2D eigenvalue weighted by Crippen LogP contribution is -2.46. The molecular formula is C11H22N2O2. The Labute approximate surface area is 91.8 Å². The van der Waals surface area contributed by atoms with E-state index in [0.717, 1.165) is 13.0 Å². The van der Waals surface area contributed by atoms with Gasteiger partial charge in [0.1, 0.15) is 0 Å². The van der Waals surface area contributed by atoms with E-state index in [1.54, 1.807) is 0 Å². The first-order valence-corrected chi connectivity index (χ1v) is 5.71. The van der Waals surface area contributed by atoms with Crippen molar-refractivity contribution in [3.05, 3.63) is 0 Å². The third-order valence-corrected chi connectivity index (χ3v) is 2.81. The molecule has 0 bridgehead atoms. The van der Waals surface area contributed by atoms with Crippen LogP contribution >= 0.6 is 0 Å². The van der Waals surface area contributed by atoms with Crippen LogP contribution < -0.4 is 5.73 Å². The van der Waals surface area contributed by atoms with Crippen LogP contribution in [0.1, 0.15) is 27.2 Å². The molecule has 88 valence electrons. The van der Waals surface area contributed by atoms with E-state index in [0.29, 0.717) is 13.2 Å². The van der Waals surface area contributed by atoms with Gasteiger partial charge in [-0.25, -0.2) is 0 Å². The van der Waals surface area contributed by atoms with Crippen molar-refractivity contribution in [3.63, 3.8) is 0 Å². The third kappa shape index (κ3) is 2.92. The molecule has 2 N–H and O–H groups in total. The number of amides is 1. The molecule has 2 atom stereocenters. The number of carbonyl (C=O) groups excluding carboxylic acids is 1. The number of nitrogens with two attached hydrogens (primary N) is 1. The second-order valence-corrected chi connectivity index (χ2v) is 4.43. The molecule has 1 aliphatic heterocycles. The second kappa shape index (κ2) is 5.47. The Kier molecular flexibility index (Phi) is 4.54. The fraction of sp³-hybridized carbons (Fsp3) is 0.909. The van der Waals surface area contributed by atoms with Gasteiger partial charge in [0.15, 0.2) is 0 Å². The SMILES string of the molecule is CCCN(C(=O)C1COCC1N)C(C)C. The van der Waals surface area contributed by atoms with Gasteiger partial charge in [-0.05, 0) is 20.3 Å². The minimum atomic E-state index is -0.140. The van der Waals surface area contributed by atoms with Crippen molar-refractivity contribution < 1.29 is 9.53 Å². The number of nitrogens with zero attached hydrogens (tertiary/aromatic N) is 1. The van der Waals surface area contributed by atoms with Gasteiger partial charge < -0.3 is 15.4 Å². The Morgan fingerprint density at radius 2 is 2.20 bits per heavy atom. The first kappa shape index (κ1) is 12.5. The highest BCUT2D eigenvalue weighted by Crippen LogP contribution is 2.16. The molecule has 0 aliphatic carbocycles. The molecule has 15 heavy (non-hydrogen) atoms. The van der Waals surface area contributed by atoms with Gasteiger partial charge >= 0.3 is 0 Å². The molecule has 0 aromatic rings. The average Bonchev–Trinajstić information content (AvgIpc) is 2.59. The highest BCUT2D eigenvalue weighted by atomic mass is 16.5. The van der Waals surface area contributed by atoms with Gasteiger partial charge in [-0.3, -0.25) is 4.79 Å². The zero-order valence-corrected chi connectivity index (χ0v) is 9.90. The average molecular weight is 214 g/mol. The molecule has 4 nitrogen and oxygen atoms in total. The lowest BCUT2D eigenvalue weighted by atomic mass is 10.0. The van der Waals surface area contributed by atoms with E-state index in [1.807, 2.05) is 18.7 Å². The minimum absolute atomic E-state index is 0.129. The van der Waals surface area contributed by atoms with Gasteiger partial charge in [-0.15, -0.1) is 0 Å². The van der Waals surface area contributed by atoms with Crippen molar-refractivity contribution in [3.8, 4) is 0 Å². The molecule has 1 saturated heterocycles. The number of carbonyl (C=O) groups is 1. The van der Waals surface area contributed by atoms with Crippen molar-refractivity contribution in [2.24, 2.45) is 11.7 Å². The van der Waals surface area contributed by atoms with Gasteiger partial charge in [-0.1, -0.05) is 6.92 Å². The van der Waals surface area contributed by atoms with Crippen LogP contribution in [0, 0.1) is 5.92 Å². The zero-order valence-electron chi connectivity index (χ0n) is 9.90. The van der Waals surface area contributed by atoms with Gasteiger partial charge in [-0.2, -0.15) is 0 Å². The molecule has 4 heteroatoms. The number of rotatable bonds is 4. The van der Waals surface area contributed by atoms with Crippen LogP contribution in [0.3, 0.4) is 0 Å². The molecule has 0 aromatic carbocycles. The molecule has 1 heterocycles. The van der Waals surface area contributed by atoms with E-state index in [2.05, 4.69) is 6.92 Å². The van der Waals surface area contributed by atoms with E-state index in [1.165, 1.54) is 0 Å². The van der Waals surface area contributed by atoms with Crippen molar-refractivity contribution in [2.45, 2.75) is 39.3 Å². The third-order valence-electron chi connectivity index (χ3n) is 2.81. The Hall–Kier alpha value is -0.610. The van der Waals surface area contributed by atoms with E-state index >= 15 is 0 Å².